The van der Waals surface area contributed by atoms with E-state index < -0.39 is 0 Å². The van der Waals surface area contributed by atoms with Crippen molar-refractivity contribution in [2.24, 2.45) is 0 Å². The van der Waals surface area contributed by atoms with Crippen LogP contribution in [0.4, 0.5) is 5.00 Å². The van der Waals surface area contributed by atoms with Gasteiger partial charge in [-0.15, -0.1) is 22.7 Å². The maximum atomic E-state index is 12.1. The third kappa shape index (κ3) is 2.37. The molecule has 20 heavy (non-hydrogen) atoms. The molecule has 5 nitrogen and oxygen atoms in total. The molecule has 0 aliphatic rings. The minimum absolute atomic E-state index is 0.150. The van der Waals surface area contributed by atoms with Crippen molar-refractivity contribution in [2.75, 3.05) is 19.0 Å². The average Bonchev–Trinajstić information content (AvgIpc) is 3.17. The topological polar surface area (TPSA) is 51.0 Å². The Morgan fingerprint density at radius 1 is 1.15 bits per heavy atom. The minimum atomic E-state index is -0.150. The molecule has 0 N–H and O–H groups in total. The summed E-state index contributed by atoms with van der Waals surface area (Å²) in [4.78, 5) is 20.9. The van der Waals surface area contributed by atoms with E-state index in [-0.39, 0.29) is 5.91 Å². The van der Waals surface area contributed by atoms with E-state index in [2.05, 4.69) is 27.1 Å². The summed E-state index contributed by atoms with van der Waals surface area (Å²) in [6.45, 7) is 0. The predicted molar refractivity (Wildman–Crippen MR) is 81.7 cm³/mol. The highest BCUT2D eigenvalue weighted by Crippen LogP contribution is 2.36. The highest BCUT2D eigenvalue weighted by Gasteiger charge is 2.14. The lowest BCUT2D eigenvalue weighted by Crippen LogP contribution is -2.10. The number of hydrogen-bond acceptors (Lipinski definition) is 6. The molecule has 0 saturated carbocycles. The maximum absolute atomic E-state index is 12.1. The molecule has 7 heteroatoms. The smallest absolute Gasteiger partial charge is 0.289 e. The van der Waals surface area contributed by atoms with Gasteiger partial charge < -0.3 is 4.90 Å². The van der Waals surface area contributed by atoms with Crippen LogP contribution in [0, 0.1) is 0 Å². The van der Waals surface area contributed by atoms with E-state index >= 15 is 0 Å². The van der Waals surface area contributed by atoms with E-state index in [0.29, 0.717) is 4.88 Å². The van der Waals surface area contributed by atoms with Gasteiger partial charge in [-0.25, -0.2) is 4.98 Å². The van der Waals surface area contributed by atoms with Crippen LogP contribution < -0.4 is 4.90 Å². The first-order valence-electron chi connectivity index (χ1n) is 5.92. The van der Waals surface area contributed by atoms with Gasteiger partial charge >= 0.3 is 0 Å². The molecule has 0 bridgehead atoms. The Hall–Kier alpha value is -1.99. The van der Waals surface area contributed by atoms with Crippen LogP contribution in [0.15, 0.2) is 36.9 Å². The van der Waals surface area contributed by atoms with E-state index in [1.807, 2.05) is 26.2 Å². The van der Waals surface area contributed by atoms with Gasteiger partial charge in [0.25, 0.3) is 5.91 Å². The molecule has 102 valence electrons. The van der Waals surface area contributed by atoms with Gasteiger partial charge in [0.2, 0.25) is 0 Å². The molecule has 0 amide bonds. The van der Waals surface area contributed by atoms with E-state index in [1.165, 1.54) is 33.7 Å². The SMILES string of the molecule is CN(C)c1ccc(-c2ccc(C(=O)n3cncn3)s2)s1. The number of carbonyl (C=O) groups is 1. The zero-order chi connectivity index (χ0) is 14.1. The molecule has 3 aromatic rings. The molecule has 0 unspecified atom stereocenters. The van der Waals surface area contributed by atoms with Crippen molar-refractivity contribution >= 4 is 33.6 Å². The summed E-state index contributed by atoms with van der Waals surface area (Å²) >= 11 is 3.18. The quantitative estimate of drug-likeness (QED) is 0.746. The van der Waals surface area contributed by atoms with Crippen LogP contribution in [0.25, 0.3) is 9.75 Å². The maximum Gasteiger partial charge on any atom is 0.289 e. The second-order valence-electron chi connectivity index (χ2n) is 4.34. The molecule has 0 saturated heterocycles. The fraction of sp³-hybridized carbons (Fsp3) is 0.154. The first kappa shape index (κ1) is 13.0. The van der Waals surface area contributed by atoms with Crippen molar-refractivity contribution in [3.05, 3.63) is 41.8 Å². The number of nitrogens with zero attached hydrogens (tertiary/aromatic N) is 4. The van der Waals surface area contributed by atoms with Crippen LogP contribution in [0.1, 0.15) is 9.67 Å². The van der Waals surface area contributed by atoms with Crippen LogP contribution in [-0.2, 0) is 0 Å². The van der Waals surface area contributed by atoms with Gasteiger partial charge in [0.05, 0.1) is 9.88 Å². The lowest BCUT2D eigenvalue weighted by molar-refractivity contribution is 0.0949. The molecule has 0 aliphatic carbocycles. The van der Waals surface area contributed by atoms with Gasteiger partial charge in [-0.1, -0.05) is 0 Å². The second kappa shape index (κ2) is 5.18. The summed E-state index contributed by atoms with van der Waals surface area (Å²) < 4.78 is 1.25. The average molecular weight is 304 g/mol. The third-order valence-electron chi connectivity index (χ3n) is 2.72. The van der Waals surface area contributed by atoms with Gasteiger partial charge in [-0.3, -0.25) is 4.79 Å². The molecule has 0 radical (unpaired) electrons. The van der Waals surface area contributed by atoms with Gasteiger partial charge in [-0.2, -0.15) is 9.78 Å². The zero-order valence-electron chi connectivity index (χ0n) is 11.0. The van der Waals surface area contributed by atoms with Gasteiger partial charge in [0.15, 0.2) is 0 Å². The monoisotopic (exact) mass is 304 g/mol. The van der Waals surface area contributed by atoms with E-state index in [4.69, 9.17) is 0 Å². The molecular weight excluding hydrogens is 292 g/mol. The van der Waals surface area contributed by atoms with E-state index in [1.54, 1.807) is 11.3 Å². The van der Waals surface area contributed by atoms with Gasteiger partial charge in [0.1, 0.15) is 12.7 Å². The van der Waals surface area contributed by atoms with E-state index in [0.717, 1.165) is 9.75 Å². The molecule has 3 rings (SSSR count). The molecular formula is C13H12N4OS2. The summed E-state index contributed by atoms with van der Waals surface area (Å²) in [5.74, 6) is -0.150. The van der Waals surface area contributed by atoms with Crippen LogP contribution in [0.2, 0.25) is 0 Å². The fourth-order valence-electron chi connectivity index (χ4n) is 1.71. The minimum Gasteiger partial charge on any atom is -0.370 e. The highest BCUT2D eigenvalue weighted by molar-refractivity contribution is 7.24. The van der Waals surface area contributed by atoms with Crippen molar-refractivity contribution in [1.29, 1.82) is 0 Å². The van der Waals surface area contributed by atoms with Crippen LogP contribution in [0.3, 0.4) is 0 Å². The predicted octanol–water partition coefficient (Wildman–Crippen LogP) is 2.82. The highest BCUT2D eigenvalue weighted by atomic mass is 32.1. The first-order chi connectivity index (χ1) is 9.65. The zero-order valence-corrected chi connectivity index (χ0v) is 12.6. The number of carbonyl (C=O) groups excluding carboxylic acids is 1. The van der Waals surface area contributed by atoms with Crippen molar-refractivity contribution in [3.63, 3.8) is 0 Å². The molecule has 3 heterocycles. The molecule has 0 aromatic carbocycles. The van der Waals surface area contributed by atoms with Crippen molar-refractivity contribution in [2.45, 2.75) is 0 Å². The van der Waals surface area contributed by atoms with Crippen LogP contribution in [0.5, 0.6) is 0 Å². The number of anilines is 1. The second-order valence-corrected chi connectivity index (χ2v) is 6.49. The van der Waals surface area contributed by atoms with Gasteiger partial charge in [0, 0.05) is 23.8 Å². The molecule has 0 spiro atoms. The van der Waals surface area contributed by atoms with E-state index in [9.17, 15) is 4.79 Å². The Kier molecular flexibility index (Phi) is 3.37. The van der Waals surface area contributed by atoms with Crippen LogP contribution >= 0.6 is 22.7 Å². The third-order valence-corrected chi connectivity index (χ3v) is 5.24. The lowest BCUT2D eigenvalue weighted by atomic mass is 10.3. The first-order valence-corrected chi connectivity index (χ1v) is 7.55. The summed E-state index contributed by atoms with van der Waals surface area (Å²) in [6.07, 6.45) is 2.77. The summed E-state index contributed by atoms with van der Waals surface area (Å²) in [5, 5.41) is 5.05. The fourth-order valence-corrected chi connectivity index (χ4v) is 3.67. The normalized spacial score (nSPS) is 10.7. The number of hydrogen-bond donors (Lipinski definition) is 0. The van der Waals surface area contributed by atoms with Crippen LogP contribution in [-0.4, -0.2) is 34.8 Å². The summed E-state index contributed by atoms with van der Waals surface area (Å²) in [6, 6.07) is 7.97. The Bertz CT molecular complexity index is 727. The largest absolute Gasteiger partial charge is 0.370 e. The molecule has 3 aromatic heterocycles. The van der Waals surface area contributed by atoms with Crippen molar-refractivity contribution < 1.29 is 4.79 Å². The summed E-state index contributed by atoms with van der Waals surface area (Å²) in [7, 11) is 4.04. The number of aromatic nitrogens is 3. The molecule has 0 aliphatic heterocycles. The van der Waals surface area contributed by atoms with Crippen molar-refractivity contribution in [3.8, 4) is 9.75 Å². The Morgan fingerprint density at radius 3 is 2.55 bits per heavy atom. The van der Waals surface area contributed by atoms with Gasteiger partial charge in [-0.05, 0) is 24.3 Å². The standard InChI is InChI=1S/C13H12N4OS2/c1-16(2)12-6-5-10(20-12)9-3-4-11(19-9)13(18)17-8-14-7-15-17/h3-8H,1-2H3. The lowest BCUT2D eigenvalue weighted by Gasteiger charge is -2.06. The van der Waals surface area contributed by atoms with Crippen molar-refractivity contribution in [1.82, 2.24) is 14.8 Å². The number of thiophene rings is 2. The Labute approximate surface area is 124 Å². The Balaban J connectivity index is 1.88. The molecule has 0 atom stereocenters. The summed E-state index contributed by atoms with van der Waals surface area (Å²) in [5.41, 5.74) is 0. The Morgan fingerprint density at radius 2 is 1.90 bits per heavy atom. The number of rotatable bonds is 3. The molecule has 0 fully saturated rings.